The van der Waals surface area contributed by atoms with Gasteiger partial charge in [0.1, 0.15) is 0 Å². The van der Waals surface area contributed by atoms with E-state index in [1.165, 1.54) is 12.5 Å². The molecule has 0 aromatic heterocycles. The Labute approximate surface area is 179 Å². The Bertz CT molecular complexity index is 837. The highest BCUT2D eigenvalue weighted by atomic mass is 16.7. The molecule has 30 heavy (non-hydrogen) atoms. The number of hydrogen-bond acceptors (Lipinski definition) is 5. The van der Waals surface area contributed by atoms with E-state index in [-0.39, 0.29) is 17.4 Å². The van der Waals surface area contributed by atoms with Gasteiger partial charge in [0, 0.05) is 18.8 Å². The van der Waals surface area contributed by atoms with E-state index in [0.29, 0.717) is 30.1 Å². The van der Waals surface area contributed by atoms with Crippen LogP contribution in [-0.2, 0) is 19.2 Å². The molecule has 0 amide bonds. The average Bonchev–Trinajstić information content (AvgIpc) is 3.03. The van der Waals surface area contributed by atoms with Gasteiger partial charge >= 0.3 is 11.9 Å². The minimum atomic E-state index is -0.750. The summed E-state index contributed by atoms with van der Waals surface area (Å²) in [5, 5.41) is 4.09. The van der Waals surface area contributed by atoms with Crippen LogP contribution in [0.15, 0.2) is 16.8 Å². The molecule has 6 atom stereocenters. The Balaban J connectivity index is 1.54. The van der Waals surface area contributed by atoms with Crippen LogP contribution in [0.3, 0.4) is 0 Å². The number of rotatable bonds is 3. The van der Waals surface area contributed by atoms with Gasteiger partial charge in [-0.3, -0.25) is 4.79 Å². The minimum Gasteiger partial charge on any atom is -0.445 e. The summed E-state index contributed by atoms with van der Waals surface area (Å²) < 4.78 is 5.83. The molecular weight excluding hydrogens is 378 g/mol. The fraction of sp³-hybridized carbons (Fsp3) is 0.720. The van der Waals surface area contributed by atoms with Gasteiger partial charge in [0.15, 0.2) is 5.60 Å². The van der Waals surface area contributed by atoms with Gasteiger partial charge < -0.3 is 9.57 Å². The lowest BCUT2D eigenvalue weighted by Gasteiger charge is -2.55. The van der Waals surface area contributed by atoms with Crippen molar-refractivity contribution in [2.45, 2.75) is 84.2 Å². The number of nitrogens with zero attached hydrogens (tertiary/aromatic N) is 1. The van der Waals surface area contributed by atoms with E-state index in [1.54, 1.807) is 6.92 Å². The summed E-state index contributed by atoms with van der Waals surface area (Å²) in [6.45, 7) is 5.51. The van der Waals surface area contributed by atoms with Crippen LogP contribution in [0.4, 0.5) is 0 Å². The lowest BCUT2D eigenvalue weighted by Crippen LogP contribution is -2.53. The molecule has 3 saturated carbocycles. The van der Waals surface area contributed by atoms with E-state index in [9.17, 15) is 9.59 Å². The molecule has 4 rings (SSSR count). The number of oxime groups is 1. The van der Waals surface area contributed by atoms with Gasteiger partial charge in [-0.2, -0.15) is 0 Å². The molecule has 0 heterocycles. The Kier molecular flexibility index (Phi) is 5.55. The van der Waals surface area contributed by atoms with Crippen molar-refractivity contribution in [2.75, 3.05) is 0 Å². The second-order valence-electron chi connectivity index (χ2n) is 9.80. The summed E-state index contributed by atoms with van der Waals surface area (Å²) in [6, 6.07) is 0. The molecule has 4 aliphatic rings. The van der Waals surface area contributed by atoms with Gasteiger partial charge in [0.2, 0.25) is 0 Å². The zero-order chi connectivity index (χ0) is 21.5. The van der Waals surface area contributed by atoms with E-state index >= 15 is 0 Å². The molecule has 5 heteroatoms. The first kappa shape index (κ1) is 21.2. The van der Waals surface area contributed by atoms with E-state index in [2.05, 4.69) is 24.1 Å². The number of carbonyl (C=O) groups is 2. The van der Waals surface area contributed by atoms with Crippen molar-refractivity contribution >= 4 is 17.7 Å². The van der Waals surface area contributed by atoms with Crippen molar-refractivity contribution < 1.29 is 19.2 Å². The maximum Gasteiger partial charge on any atom is 0.334 e. The van der Waals surface area contributed by atoms with Crippen molar-refractivity contribution in [3.8, 4) is 12.3 Å². The summed E-state index contributed by atoms with van der Waals surface area (Å²) >= 11 is 0. The molecule has 4 aliphatic carbocycles. The molecule has 5 nitrogen and oxygen atoms in total. The van der Waals surface area contributed by atoms with Crippen LogP contribution >= 0.6 is 0 Å². The molecule has 0 N–H and O–H groups in total. The summed E-state index contributed by atoms with van der Waals surface area (Å²) in [6.07, 6.45) is 16.6. The molecular formula is C25H33NO4. The number of esters is 1. The second kappa shape index (κ2) is 7.87. The highest BCUT2D eigenvalue weighted by Gasteiger charge is 2.64. The third-order valence-corrected chi connectivity index (χ3v) is 8.54. The average molecular weight is 412 g/mol. The van der Waals surface area contributed by atoms with E-state index in [1.807, 2.05) is 0 Å². The predicted octanol–water partition coefficient (Wildman–Crippen LogP) is 4.80. The second-order valence-corrected chi connectivity index (χ2v) is 9.80. The monoisotopic (exact) mass is 411 g/mol. The van der Waals surface area contributed by atoms with Crippen molar-refractivity contribution in [2.24, 2.45) is 34.2 Å². The van der Waals surface area contributed by atoms with E-state index in [4.69, 9.17) is 16.0 Å². The first-order valence-corrected chi connectivity index (χ1v) is 11.5. The van der Waals surface area contributed by atoms with Crippen molar-refractivity contribution in [1.82, 2.24) is 0 Å². The Morgan fingerprint density at radius 2 is 2.00 bits per heavy atom. The summed E-state index contributed by atoms with van der Waals surface area (Å²) in [4.78, 5) is 28.2. The predicted molar refractivity (Wildman–Crippen MR) is 114 cm³/mol. The third kappa shape index (κ3) is 3.29. The quantitative estimate of drug-likeness (QED) is 0.289. The van der Waals surface area contributed by atoms with Gasteiger partial charge in [0.25, 0.3) is 0 Å². The molecule has 3 fully saturated rings. The molecule has 0 aromatic rings. The molecule has 0 aromatic carbocycles. The molecule has 0 aliphatic heterocycles. The lowest BCUT2D eigenvalue weighted by atomic mass is 9.50. The molecule has 1 unspecified atom stereocenters. The maximum absolute atomic E-state index is 11.8. The maximum atomic E-state index is 11.8. The van der Waals surface area contributed by atoms with Crippen LogP contribution in [0.5, 0.6) is 0 Å². The molecule has 0 bridgehead atoms. The Morgan fingerprint density at radius 1 is 1.20 bits per heavy atom. The number of fused-ring (bicyclic) bond motifs is 5. The standard InChI is InChI=1S/C25H33NO4/c1-5-23(28)30-26-18-8-10-19-17(15-18)7-9-21-20(19)11-13-24(4)22(21)12-14-25(24,6-2)29-16(3)27/h2,15,19-22H,5,7-14H2,1,3-4H3/b26-18-/t19-,20+,21+,22-,24-,25?/m0/s1. The largest absolute Gasteiger partial charge is 0.445 e. The van der Waals surface area contributed by atoms with Gasteiger partial charge in [0.05, 0.1) is 5.71 Å². The van der Waals surface area contributed by atoms with Gasteiger partial charge in [-0.25, -0.2) is 4.79 Å². The summed E-state index contributed by atoms with van der Waals surface area (Å²) in [5.74, 6) is 4.75. The fourth-order valence-corrected chi connectivity index (χ4v) is 7.12. The van der Waals surface area contributed by atoms with Crippen LogP contribution in [0.1, 0.15) is 78.6 Å². The summed E-state index contributed by atoms with van der Waals surface area (Å²) in [5.41, 5.74) is 1.48. The number of hydrogen-bond donors (Lipinski definition) is 0. The molecule has 0 spiro atoms. The van der Waals surface area contributed by atoms with Crippen LogP contribution in [0.2, 0.25) is 0 Å². The smallest absolute Gasteiger partial charge is 0.334 e. The number of ether oxygens (including phenoxy) is 1. The van der Waals surface area contributed by atoms with Crippen LogP contribution in [0, 0.1) is 41.4 Å². The zero-order valence-electron chi connectivity index (χ0n) is 18.4. The van der Waals surface area contributed by atoms with Gasteiger partial charge in [-0.15, -0.1) is 6.42 Å². The van der Waals surface area contributed by atoms with Crippen LogP contribution in [0.25, 0.3) is 0 Å². The van der Waals surface area contributed by atoms with Crippen LogP contribution in [-0.4, -0.2) is 23.3 Å². The fourth-order valence-electron chi connectivity index (χ4n) is 7.12. The Hall–Kier alpha value is -2.09. The first-order chi connectivity index (χ1) is 14.3. The topological polar surface area (TPSA) is 65.0 Å². The first-order valence-electron chi connectivity index (χ1n) is 11.5. The molecule has 0 saturated heterocycles. The minimum absolute atomic E-state index is 0.133. The van der Waals surface area contributed by atoms with Gasteiger partial charge in [-0.05, 0) is 81.1 Å². The number of allylic oxidation sites excluding steroid dienone is 2. The molecule has 162 valence electrons. The number of carbonyl (C=O) groups excluding carboxylic acids is 2. The van der Waals surface area contributed by atoms with E-state index < -0.39 is 5.60 Å². The van der Waals surface area contributed by atoms with Gasteiger partial charge in [-0.1, -0.05) is 30.5 Å². The molecule has 0 radical (unpaired) electrons. The summed E-state index contributed by atoms with van der Waals surface area (Å²) in [7, 11) is 0. The highest BCUT2D eigenvalue weighted by molar-refractivity contribution is 5.96. The van der Waals surface area contributed by atoms with Crippen molar-refractivity contribution in [3.63, 3.8) is 0 Å². The normalized spacial score (nSPS) is 41.0. The van der Waals surface area contributed by atoms with Crippen molar-refractivity contribution in [1.29, 1.82) is 0 Å². The zero-order valence-corrected chi connectivity index (χ0v) is 18.4. The SMILES string of the molecule is C#CC1(OC(C)=O)CC[C@H]2[C@@H]3CCC4=C/C(=N\OC(=O)CC)CC[C@@H]4[C@H]3CC[C@@]21C. The van der Waals surface area contributed by atoms with E-state index in [0.717, 1.165) is 57.1 Å². The van der Waals surface area contributed by atoms with Crippen LogP contribution < -0.4 is 0 Å². The number of terminal acetylenes is 1. The lowest BCUT2D eigenvalue weighted by molar-refractivity contribution is -0.167. The third-order valence-electron chi connectivity index (χ3n) is 8.54. The highest BCUT2D eigenvalue weighted by Crippen LogP contribution is 2.65. The van der Waals surface area contributed by atoms with Crippen molar-refractivity contribution in [3.05, 3.63) is 11.6 Å². The Morgan fingerprint density at radius 3 is 2.70 bits per heavy atom.